The van der Waals surface area contributed by atoms with Crippen molar-refractivity contribution in [3.05, 3.63) is 10.1 Å². The molecule has 0 aromatic rings. The van der Waals surface area contributed by atoms with Gasteiger partial charge in [-0.1, -0.05) is 0 Å². The van der Waals surface area contributed by atoms with Crippen LogP contribution in [0.3, 0.4) is 0 Å². The monoisotopic (exact) mass is 365 g/mol. The summed E-state index contributed by atoms with van der Waals surface area (Å²) >= 11 is 0.228. The minimum Gasteiger partial charge on any atom is 0 e. The Kier molecular flexibility index (Phi) is 4.49. The molecule has 0 amide bonds. The second-order valence-corrected chi connectivity index (χ2v) is 3.19. The molecule has 0 fully saturated rings. The van der Waals surface area contributed by atoms with Crippen LogP contribution in [0.2, 0.25) is 0 Å². The van der Waals surface area contributed by atoms with Gasteiger partial charge in [0.15, 0.2) is 0 Å². The van der Waals surface area contributed by atoms with Gasteiger partial charge in [-0.3, -0.25) is 0 Å². The van der Waals surface area contributed by atoms with Crippen LogP contribution in [0.1, 0.15) is 0 Å². The van der Waals surface area contributed by atoms with Gasteiger partial charge in [0.2, 0.25) is 0 Å². The molecule has 0 saturated heterocycles. The normalized spacial score (nSPS) is 12.8. The summed E-state index contributed by atoms with van der Waals surface area (Å²) in [6.45, 7) is 0. The molecule has 1 heterocycles. The summed E-state index contributed by atoms with van der Waals surface area (Å²) in [5, 5.41) is 0. The van der Waals surface area contributed by atoms with Gasteiger partial charge in [0.25, 0.3) is 0 Å². The van der Waals surface area contributed by atoms with Crippen LogP contribution in [-0.2, 0) is 0 Å². The standard InChI is InChI=1S/C3H3.Sb.Tl/c1-3-2;;/h1-3H;;. The fraction of sp³-hybridized carbons (Fsp3) is 0. The van der Waals surface area contributed by atoms with Crippen molar-refractivity contribution in [1.29, 1.82) is 0 Å². The van der Waals surface area contributed by atoms with Gasteiger partial charge in [-0.25, -0.2) is 0 Å². The molecule has 0 nitrogen and oxygen atoms in total. The number of rotatable bonds is 0. The van der Waals surface area contributed by atoms with Crippen LogP contribution in [0.15, 0.2) is 10.1 Å². The summed E-state index contributed by atoms with van der Waals surface area (Å²) in [6, 6.07) is 0. The Morgan fingerprint density at radius 1 is 1.40 bits per heavy atom. The number of hydrogen-bond acceptors (Lipinski definition) is 0. The van der Waals surface area contributed by atoms with Crippen LogP contribution in [0.4, 0.5) is 0 Å². The summed E-state index contributed by atoms with van der Waals surface area (Å²) in [5.41, 5.74) is 0. The molecule has 0 atom stereocenters. The molecule has 0 saturated carbocycles. The maximum Gasteiger partial charge on any atom is 0 e. The van der Waals surface area contributed by atoms with Crippen LogP contribution in [0.25, 0.3) is 0 Å². The first kappa shape index (κ1) is 6.35. The van der Waals surface area contributed by atoms with Crippen molar-refractivity contribution in [3.63, 3.8) is 0 Å². The molecule has 0 aromatic heterocycles. The van der Waals surface area contributed by atoms with E-state index in [4.69, 9.17) is 0 Å². The molecular formula is C3H3SbTl. The average molecular weight is 365 g/mol. The molecule has 0 aliphatic carbocycles. The minimum atomic E-state index is 0. The Hall–Kier alpha value is 1.35. The Balaban J connectivity index is 0.000000160. The van der Waals surface area contributed by atoms with Crippen molar-refractivity contribution < 1.29 is 0 Å². The molecule has 1 rings (SSSR count). The van der Waals surface area contributed by atoms with Gasteiger partial charge in [-0.15, -0.1) is 0 Å². The van der Waals surface area contributed by atoms with Crippen LogP contribution in [-0.4, -0.2) is 52.4 Å². The summed E-state index contributed by atoms with van der Waals surface area (Å²) in [4.78, 5) is 0. The quantitative estimate of drug-likeness (QED) is 0.515. The molecule has 5 heavy (non-hydrogen) atoms. The molecule has 0 aromatic carbocycles. The molecule has 23 valence electrons. The van der Waals surface area contributed by atoms with Crippen LogP contribution < -0.4 is 0 Å². The molecule has 1 radical (unpaired) electrons. The van der Waals surface area contributed by atoms with Crippen molar-refractivity contribution in [2.24, 2.45) is 0 Å². The molecular weight excluding hydrogens is 362 g/mol. The summed E-state index contributed by atoms with van der Waals surface area (Å²) in [5.74, 6) is 0. The van der Waals surface area contributed by atoms with Crippen LogP contribution >= 0.6 is 0 Å². The SMILES string of the molecule is C1=[CH][Sb]=[CH]1.[Tl]. The zero-order chi connectivity index (χ0) is 2.83. The van der Waals surface area contributed by atoms with E-state index in [1.807, 2.05) is 0 Å². The molecule has 1 aliphatic heterocycles. The van der Waals surface area contributed by atoms with E-state index in [1.54, 1.807) is 0 Å². The Morgan fingerprint density at radius 2 is 1.60 bits per heavy atom. The number of allylic oxidation sites excluding steroid dienone is 1. The zero-order valence-electron chi connectivity index (χ0n) is 2.76. The maximum absolute atomic E-state index is 2.28. The first-order valence-corrected chi connectivity index (χ1v) is 4.13. The van der Waals surface area contributed by atoms with Gasteiger partial charge < -0.3 is 0 Å². The minimum absolute atomic E-state index is 0. The van der Waals surface area contributed by atoms with Gasteiger partial charge in [0, 0.05) is 27.3 Å². The summed E-state index contributed by atoms with van der Waals surface area (Å²) < 4.78 is 4.55. The van der Waals surface area contributed by atoms with E-state index in [0.717, 1.165) is 0 Å². The molecule has 0 unspecified atom stereocenters. The second-order valence-electron chi connectivity index (χ2n) is 0.640. The van der Waals surface area contributed by atoms with Crippen molar-refractivity contribution in [2.45, 2.75) is 0 Å². The van der Waals surface area contributed by atoms with Crippen molar-refractivity contribution in [3.8, 4) is 0 Å². The smallest absolute Gasteiger partial charge is 0 e. The Morgan fingerprint density at radius 3 is 1.60 bits per heavy atom. The zero-order valence-corrected chi connectivity index (χ0v) is 9.80. The van der Waals surface area contributed by atoms with Crippen molar-refractivity contribution >= 4 is 52.4 Å². The molecule has 1 aliphatic rings. The van der Waals surface area contributed by atoms with E-state index < -0.39 is 0 Å². The Labute approximate surface area is 61.8 Å². The largest absolute Gasteiger partial charge is 0 e. The van der Waals surface area contributed by atoms with Crippen LogP contribution in [0, 0.1) is 0 Å². The van der Waals surface area contributed by atoms with Crippen LogP contribution in [0.5, 0.6) is 0 Å². The van der Waals surface area contributed by atoms with E-state index in [9.17, 15) is 0 Å². The third-order valence-electron chi connectivity index (χ3n) is 0.344. The van der Waals surface area contributed by atoms with Crippen molar-refractivity contribution in [1.82, 2.24) is 0 Å². The molecule has 2 heteroatoms. The molecule has 0 spiro atoms. The first-order valence-electron chi connectivity index (χ1n) is 1.18. The third kappa shape index (κ3) is 2.10. The Bertz CT molecular complexity index is 47.3. The van der Waals surface area contributed by atoms with Gasteiger partial charge in [0.1, 0.15) is 0 Å². The van der Waals surface area contributed by atoms with E-state index >= 15 is 0 Å². The first-order chi connectivity index (χ1) is 2.00. The maximum atomic E-state index is 2.28. The van der Waals surface area contributed by atoms with Gasteiger partial charge in [-0.2, -0.15) is 0 Å². The summed E-state index contributed by atoms with van der Waals surface area (Å²) in [7, 11) is 0. The van der Waals surface area contributed by atoms with E-state index in [0.29, 0.717) is 0 Å². The topological polar surface area (TPSA) is 0 Å². The van der Waals surface area contributed by atoms with Crippen molar-refractivity contribution in [2.75, 3.05) is 0 Å². The van der Waals surface area contributed by atoms with Gasteiger partial charge >= 0.3 is 35.2 Å². The molecule has 0 bridgehead atoms. The van der Waals surface area contributed by atoms with Gasteiger partial charge in [0.05, 0.1) is 0 Å². The third-order valence-corrected chi connectivity index (χ3v) is 2.31. The number of hydrogen-bond donors (Lipinski definition) is 0. The predicted octanol–water partition coefficient (Wildman–Crippen LogP) is -0.361. The van der Waals surface area contributed by atoms with E-state index in [1.165, 1.54) is 0 Å². The van der Waals surface area contributed by atoms with E-state index in [2.05, 4.69) is 14.0 Å². The fourth-order valence-electron chi connectivity index (χ4n) is 0.0861. The predicted molar refractivity (Wildman–Crippen MR) is 26.7 cm³/mol. The second kappa shape index (κ2) is 3.54. The van der Waals surface area contributed by atoms with E-state index in [-0.39, 0.29) is 48.4 Å². The fourth-order valence-corrected chi connectivity index (χ4v) is 0.577. The van der Waals surface area contributed by atoms with Gasteiger partial charge in [-0.05, 0) is 0 Å². The average Bonchev–Trinajstić information content (AvgIpc) is 0.722. The molecule has 0 N–H and O–H groups in total. The summed E-state index contributed by atoms with van der Waals surface area (Å²) in [6.07, 6.45) is 2.12.